The number of amides is 1. The third-order valence-electron chi connectivity index (χ3n) is 5.34. The number of pyridine rings is 1. The van der Waals surface area contributed by atoms with Gasteiger partial charge in [-0.3, -0.25) is 9.69 Å². The van der Waals surface area contributed by atoms with Crippen LogP contribution in [-0.2, 0) is 14.3 Å². The molecule has 172 valence electrons. The number of aromatic hydroxyl groups is 1. The first kappa shape index (κ1) is 23.4. The van der Waals surface area contributed by atoms with Gasteiger partial charge in [0.25, 0.3) is 0 Å². The lowest BCUT2D eigenvalue weighted by molar-refractivity contribution is -0.145. The lowest BCUT2D eigenvalue weighted by Gasteiger charge is -2.27. The van der Waals surface area contributed by atoms with Gasteiger partial charge in [0.05, 0.1) is 23.9 Å². The highest BCUT2D eigenvalue weighted by atomic mass is 19.1. The number of fused-ring (bicyclic) bond motifs is 1. The standard InChI is InChI=1S/C23H27FN2O6/c1-12-20(28)19(15-10-14(24)6-7-16(15)25-12)18(27)9-13-8-17(21(29)31-5)26(11-13)22(30)32-23(2,3)4/h6-7,10,13,17,28H,8-9,11H2,1-5H3/t13-,17-/m0/s1. The molecule has 1 fully saturated rings. The number of carbonyl (C=O) groups is 3. The second-order valence-electron chi connectivity index (χ2n) is 8.98. The van der Waals surface area contributed by atoms with Gasteiger partial charge in [-0.05, 0) is 58.2 Å². The maximum atomic E-state index is 13.8. The van der Waals surface area contributed by atoms with Gasteiger partial charge in [-0.2, -0.15) is 0 Å². The Kier molecular flexibility index (Phi) is 6.39. The highest BCUT2D eigenvalue weighted by Crippen LogP contribution is 2.34. The molecule has 0 bridgehead atoms. The summed E-state index contributed by atoms with van der Waals surface area (Å²) >= 11 is 0. The van der Waals surface area contributed by atoms with Crippen molar-refractivity contribution in [1.82, 2.24) is 9.88 Å². The first-order valence-corrected chi connectivity index (χ1v) is 10.3. The van der Waals surface area contributed by atoms with Crippen LogP contribution in [0.2, 0.25) is 0 Å². The molecule has 1 aromatic carbocycles. The van der Waals surface area contributed by atoms with E-state index in [1.807, 2.05) is 0 Å². The van der Waals surface area contributed by atoms with E-state index in [-0.39, 0.29) is 47.7 Å². The molecule has 0 spiro atoms. The van der Waals surface area contributed by atoms with E-state index in [0.29, 0.717) is 5.52 Å². The van der Waals surface area contributed by atoms with Gasteiger partial charge in [0.2, 0.25) is 0 Å². The molecule has 1 amide bonds. The molecule has 1 aliphatic heterocycles. The molecule has 0 saturated carbocycles. The van der Waals surface area contributed by atoms with Crippen molar-refractivity contribution < 1.29 is 33.4 Å². The first-order valence-electron chi connectivity index (χ1n) is 10.3. The fourth-order valence-electron chi connectivity index (χ4n) is 3.95. The largest absolute Gasteiger partial charge is 0.505 e. The van der Waals surface area contributed by atoms with Crippen LogP contribution in [0.15, 0.2) is 18.2 Å². The number of Topliss-reactive ketones (excluding diaryl/α,β-unsaturated/α-hetero) is 1. The van der Waals surface area contributed by atoms with E-state index in [4.69, 9.17) is 9.47 Å². The van der Waals surface area contributed by atoms with Gasteiger partial charge in [-0.15, -0.1) is 0 Å². The molecule has 32 heavy (non-hydrogen) atoms. The van der Waals surface area contributed by atoms with E-state index in [9.17, 15) is 23.9 Å². The average molecular weight is 446 g/mol. The number of aryl methyl sites for hydroxylation is 1. The van der Waals surface area contributed by atoms with Gasteiger partial charge in [-0.25, -0.2) is 19.0 Å². The number of hydrogen-bond acceptors (Lipinski definition) is 7. The summed E-state index contributed by atoms with van der Waals surface area (Å²) in [6.07, 6.45) is -0.525. The summed E-state index contributed by atoms with van der Waals surface area (Å²) < 4.78 is 24.1. The lowest BCUT2D eigenvalue weighted by atomic mass is 9.93. The third kappa shape index (κ3) is 4.81. The number of carbonyl (C=O) groups excluding carboxylic acids is 3. The minimum Gasteiger partial charge on any atom is -0.505 e. The smallest absolute Gasteiger partial charge is 0.411 e. The van der Waals surface area contributed by atoms with E-state index >= 15 is 0 Å². The van der Waals surface area contributed by atoms with Crippen molar-refractivity contribution in [1.29, 1.82) is 0 Å². The number of rotatable bonds is 4. The van der Waals surface area contributed by atoms with Crippen molar-refractivity contribution in [2.75, 3.05) is 13.7 Å². The molecule has 1 N–H and O–H groups in total. The van der Waals surface area contributed by atoms with Crippen LogP contribution in [0.25, 0.3) is 10.9 Å². The monoisotopic (exact) mass is 446 g/mol. The van der Waals surface area contributed by atoms with E-state index < -0.39 is 35.3 Å². The Balaban J connectivity index is 1.88. The number of hydrogen-bond donors (Lipinski definition) is 1. The minimum absolute atomic E-state index is 0.0164. The zero-order valence-electron chi connectivity index (χ0n) is 18.8. The van der Waals surface area contributed by atoms with Crippen molar-refractivity contribution >= 4 is 28.7 Å². The molecule has 0 radical (unpaired) electrons. The molecular formula is C23H27FN2O6. The number of methoxy groups -OCH3 is 1. The lowest BCUT2D eigenvalue weighted by Crippen LogP contribution is -2.43. The number of ether oxygens (including phenoxy) is 2. The van der Waals surface area contributed by atoms with Crippen LogP contribution in [0.5, 0.6) is 5.75 Å². The molecule has 1 saturated heterocycles. The van der Waals surface area contributed by atoms with Crippen LogP contribution in [0.3, 0.4) is 0 Å². The molecule has 2 atom stereocenters. The maximum Gasteiger partial charge on any atom is 0.411 e. The minimum atomic E-state index is -0.880. The van der Waals surface area contributed by atoms with Gasteiger partial charge >= 0.3 is 12.1 Å². The summed E-state index contributed by atoms with van der Waals surface area (Å²) in [5.74, 6) is -2.27. The Morgan fingerprint density at radius 3 is 2.59 bits per heavy atom. The Bertz CT molecular complexity index is 1080. The Hall–Kier alpha value is -3.23. The second-order valence-corrected chi connectivity index (χ2v) is 8.98. The molecule has 8 nitrogen and oxygen atoms in total. The molecule has 0 aliphatic carbocycles. The summed E-state index contributed by atoms with van der Waals surface area (Å²) in [7, 11) is 1.23. The molecule has 3 rings (SSSR count). The van der Waals surface area contributed by atoms with Crippen LogP contribution in [0.4, 0.5) is 9.18 Å². The topological polar surface area (TPSA) is 106 Å². The SMILES string of the molecule is COC(=O)[C@@H]1C[C@@H](CC(=O)c2c(O)c(C)nc3ccc(F)cc23)CN1C(=O)OC(C)(C)C. The van der Waals surface area contributed by atoms with Crippen molar-refractivity contribution in [3.05, 3.63) is 35.3 Å². The van der Waals surface area contributed by atoms with Crippen molar-refractivity contribution in [2.45, 2.75) is 52.2 Å². The van der Waals surface area contributed by atoms with Crippen molar-refractivity contribution in [2.24, 2.45) is 5.92 Å². The first-order chi connectivity index (χ1) is 14.9. The summed E-state index contributed by atoms with van der Waals surface area (Å²) in [5.41, 5.74) is -0.132. The molecule has 1 aromatic heterocycles. The number of aromatic nitrogens is 1. The number of benzene rings is 1. The van der Waals surface area contributed by atoms with E-state index in [0.717, 1.165) is 6.07 Å². The maximum absolute atomic E-state index is 13.8. The molecule has 2 aromatic rings. The fraction of sp³-hybridized carbons (Fsp3) is 0.478. The average Bonchev–Trinajstić information content (AvgIpc) is 3.11. The molecule has 0 unspecified atom stereocenters. The predicted octanol–water partition coefficient (Wildman–Crippen LogP) is 3.76. The Morgan fingerprint density at radius 2 is 1.97 bits per heavy atom. The van der Waals surface area contributed by atoms with E-state index in [2.05, 4.69) is 4.98 Å². The van der Waals surface area contributed by atoms with Crippen LogP contribution in [-0.4, -0.2) is 58.1 Å². The normalized spacial score (nSPS) is 18.6. The van der Waals surface area contributed by atoms with Gasteiger partial charge in [0, 0.05) is 18.4 Å². The predicted molar refractivity (Wildman–Crippen MR) is 114 cm³/mol. The highest BCUT2D eigenvalue weighted by Gasteiger charge is 2.43. The van der Waals surface area contributed by atoms with E-state index in [1.165, 1.54) is 24.1 Å². The van der Waals surface area contributed by atoms with Gasteiger partial charge in [0.1, 0.15) is 23.2 Å². The third-order valence-corrected chi connectivity index (χ3v) is 5.34. The Morgan fingerprint density at radius 1 is 1.28 bits per heavy atom. The molecule has 2 heterocycles. The number of nitrogens with zero attached hydrogens (tertiary/aromatic N) is 2. The van der Waals surface area contributed by atoms with Crippen molar-refractivity contribution in [3.8, 4) is 5.75 Å². The quantitative estimate of drug-likeness (QED) is 0.563. The van der Waals surface area contributed by atoms with Crippen LogP contribution in [0, 0.1) is 18.7 Å². The van der Waals surface area contributed by atoms with E-state index in [1.54, 1.807) is 27.7 Å². The fourth-order valence-corrected chi connectivity index (χ4v) is 3.95. The molecule has 9 heteroatoms. The number of likely N-dealkylation sites (tertiary alicyclic amines) is 1. The molecule has 1 aliphatic rings. The summed E-state index contributed by atoms with van der Waals surface area (Å²) in [4.78, 5) is 43.6. The Labute approximate surface area is 185 Å². The second kappa shape index (κ2) is 8.72. The highest BCUT2D eigenvalue weighted by molar-refractivity contribution is 6.10. The van der Waals surface area contributed by atoms with Crippen LogP contribution in [0.1, 0.15) is 49.7 Å². The van der Waals surface area contributed by atoms with Crippen LogP contribution < -0.4 is 0 Å². The number of esters is 1. The number of ketones is 1. The van der Waals surface area contributed by atoms with Gasteiger partial charge in [0.15, 0.2) is 5.78 Å². The van der Waals surface area contributed by atoms with Crippen molar-refractivity contribution in [3.63, 3.8) is 0 Å². The van der Waals surface area contributed by atoms with Gasteiger partial charge in [-0.1, -0.05) is 0 Å². The summed E-state index contributed by atoms with van der Waals surface area (Å²) in [6.45, 7) is 6.81. The summed E-state index contributed by atoms with van der Waals surface area (Å²) in [6, 6.07) is 2.96. The zero-order chi connectivity index (χ0) is 23.8. The zero-order valence-corrected chi connectivity index (χ0v) is 18.8. The van der Waals surface area contributed by atoms with Gasteiger partial charge < -0.3 is 14.6 Å². The molecular weight excluding hydrogens is 419 g/mol. The number of halogens is 1. The summed E-state index contributed by atoms with van der Waals surface area (Å²) in [5, 5.41) is 10.7. The van der Waals surface area contributed by atoms with Crippen LogP contribution >= 0.6 is 0 Å².